The van der Waals surface area contributed by atoms with Crippen molar-refractivity contribution in [3.63, 3.8) is 0 Å². The average Bonchev–Trinajstić information content (AvgIpc) is 2.84. The number of aromatic amines is 1. The number of aromatic nitrogens is 2. The highest BCUT2D eigenvalue weighted by molar-refractivity contribution is 6.44. The number of rotatable bonds is 3. The van der Waals surface area contributed by atoms with Crippen LogP contribution in [-0.2, 0) is 0 Å². The number of carboxylic acid groups (broad SMARTS) is 1. The van der Waals surface area contributed by atoms with Crippen LogP contribution in [-0.4, -0.2) is 27.0 Å². The molecule has 0 saturated carbocycles. The highest BCUT2D eigenvalue weighted by Gasteiger charge is 2.20. The molecule has 0 radical (unpaired) electrons. The van der Waals surface area contributed by atoms with Gasteiger partial charge in [0.15, 0.2) is 11.4 Å². The third-order valence-electron chi connectivity index (χ3n) is 2.27. The molecule has 1 aromatic carbocycles. The molecular weight excluding hydrogens is 293 g/mol. The van der Waals surface area contributed by atoms with Crippen LogP contribution >= 0.6 is 23.2 Å². The minimum absolute atomic E-state index is 0.171. The van der Waals surface area contributed by atoms with Gasteiger partial charge in [-0.15, -0.1) is 0 Å². The number of hydrogen-bond donors (Lipinski definition) is 3. The maximum atomic E-state index is 11.9. The molecule has 1 heterocycles. The van der Waals surface area contributed by atoms with Gasteiger partial charge in [0.25, 0.3) is 5.91 Å². The summed E-state index contributed by atoms with van der Waals surface area (Å²) in [5.41, 5.74) is -0.252. The molecule has 6 nitrogen and oxygen atoms in total. The standard InChI is InChI=1S/C11H7Cl2N3O3/c12-5-2-1-3-6(7(5)13)16-10(17)8-9(11(18)19)15-4-14-8/h1-4H,(H,14,15)(H,16,17)(H,18,19). The Balaban J connectivity index is 2.29. The molecule has 0 unspecified atom stereocenters. The van der Waals surface area contributed by atoms with Crippen molar-refractivity contribution < 1.29 is 14.7 Å². The van der Waals surface area contributed by atoms with Crippen LogP contribution in [0.15, 0.2) is 24.5 Å². The van der Waals surface area contributed by atoms with E-state index >= 15 is 0 Å². The van der Waals surface area contributed by atoms with E-state index in [1.165, 1.54) is 0 Å². The van der Waals surface area contributed by atoms with Gasteiger partial charge in [0.05, 0.1) is 22.1 Å². The molecule has 0 fully saturated rings. The zero-order chi connectivity index (χ0) is 14.0. The van der Waals surface area contributed by atoms with Gasteiger partial charge in [0.1, 0.15) is 0 Å². The molecule has 1 amide bonds. The number of carbonyl (C=O) groups excluding carboxylic acids is 1. The maximum absolute atomic E-state index is 11.9. The lowest BCUT2D eigenvalue weighted by atomic mass is 10.2. The molecule has 2 aromatic rings. The van der Waals surface area contributed by atoms with Crippen molar-refractivity contribution in [1.82, 2.24) is 9.97 Å². The lowest BCUT2D eigenvalue weighted by Crippen LogP contribution is -2.16. The van der Waals surface area contributed by atoms with Gasteiger partial charge in [-0.25, -0.2) is 9.78 Å². The van der Waals surface area contributed by atoms with Crippen LogP contribution in [0.2, 0.25) is 10.0 Å². The third-order valence-corrected chi connectivity index (χ3v) is 3.09. The van der Waals surface area contributed by atoms with Gasteiger partial charge >= 0.3 is 5.97 Å². The second-order valence-corrected chi connectivity index (χ2v) is 4.27. The normalized spacial score (nSPS) is 10.2. The Bertz CT molecular complexity index is 654. The largest absolute Gasteiger partial charge is 0.477 e. The summed E-state index contributed by atoms with van der Waals surface area (Å²) in [6.07, 6.45) is 1.12. The van der Waals surface area contributed by atoms with Gasteiger partial charge < -0.3 is 15.4 Å². The van der Waals surface area contributed by atoms with E-state index in [4.69, 9.17) is 28.3 Å². The van der Waals surface area contributed by atoms with Crippen LogP contribution in [0.3, 0.4) is 0 Å². The van der Waals surface area contributed by atoms with Gasteiger partial charge in [0.2, 0.25) is 0 Å². The zero-order valence-electron chi connectivity index (χ0n) is 9.28. The number of imidazole rings is 1. The van der Waals surface area contributed by atoms with E-state index in [0.717, 1.165) is 6.33 Å². The van der Waals surface area contributed by atoms with E-state index in [1.54, 1.807) is 18.2 Å². The molecular formula is C11H7Cl2N3O3. The summed E-state index contributed by atoms with van der Waals surface area (Å²) in [5, 5.41) is 11.8. The first-order valence-electron chi connectivity index (χ1n) is 5.02. The molecule has 0 bridgehead atoms. The molecule has 0 aliphatic rings. The van der Waals surface area contributed by atoms with Crippen molar-refractivity contribution in [2.24, 2.45) is 0 Å². The first-order valence-corrected chi connectivity index (χ1v) is 5.78. The second kappa shape index (κ2) is 5.29. The highest BCUT2D eigenvalue weighted by Crippen LogP contribution is 2.29. The van der Waals surface area contributed by atoms with Crippen LogP contribution in [0.4, 0.5) is 5.69 Å². The Hall–Kier alpha value is -2.05. The number of aromatic carboxylic acids is 1. The first-order chi connectivity index (χ1) is 9.00. The Morgan fingerprint density at radius 3 is 2.74 bits per heavy atom. The molecule has 0 aliphatic heterocycles. The Morgan fingerprint density at radius 1 is 1.32 bits per heavy atom. The van der Waals surface area contributed by atoms with Crippen LogP contribution in [0.1, 0.15) is 21.0 Å². The SMILES string of the molecule is O=C(Nc1cccc(Cl)c1Cl)c1nc[nH]c1C(=O)O. The Labute approximate surface area is 117 Å². The molecule has 19 heavy (non-hydrogen) atoms. The predicted molar refractivity (Wildman–Crippen MR) is 70.0 cm³/mol. The Kier molecular flexibility index (Phi) is 3.73. The average molecular weight is 300 g/mol. The van der Waals surface area contributed by atoms with Crippen molar-refractivity contribution in [3.05, 3.63) is 46.0 Å². The molecule has 0 saturated heterocycles. The molecule has 8 heteroatoms. The van der Waals surface area contributed by atoms with Gasteiger partial charge in [-0.05, 0) is 12.1 Å². The highest BCUT2D eigenvalue weighted by atomic mass is 35.5. The maximum Gasteiger partial charge on any atom is 0.354 e. The summed E-state index contributed by atoms with van der Waals surface area (Å²) in [7, 11) is 0. The number of nitrogens with one attached hydrogen (secondary N) is 2. The van der Waals surface area contributed by atoms with Crippen LogP contribution < -0.4 is 5.32 Å². The fourth-order valence-corrected chi connectivity index (χ4v) is 1.76. The predicted octanol–water partition coefficient (Wildman–Crippen LogP) is 2.67. The Morgan fingerprint density at radius 2 is 2.05 bits per heavy atom. The molecule has 1 aromatic heterocycles. The van der Waals surface area contributed by atoms with Gasteiger partial charge in [-0.2, -0.15) is 0 Å². The summed E-state index contributed by atoms with van der Waals surface area (Å²) >= 11 is 11.7. The van der Waals surface area contributed by atoms with E-state index in [2.05, 4.69) is 15.3 Å². The lowest BCUT2D eigenvalue weighted by Gasteiger charge is -2.07. The van der Waals surface area contributed by atoms with Crippen molar-refractivity contribution in [1.29, 1.82) is 0 Å². The second-order valence-electron chi connectivity index (χ2n) is 3.49. The summed E-state index contributed by atoms with van der Waals surface area (Å²) in [6.45, 7) is 0. The van der Waals surface area contributed by atoms with Crippen molar-refractivity contribution in [3.8, 4) is 0 Å². The van der Waals surface area contributed by atoms with Crippen molar-refractivity contribution >= 4 is 40.8 Å². The van der Waals surface area contributed by atoms with E-state index in [9.17, 15) is 9.59 Å². The molecule has 2 rings (SSSR count). The number of nitrogens with zero attached hydrogens (tertiary/aromatic N) is 1. The van der Waals surface area contributed by atoms with Crippen LogP contribution in [0, 0.1) is 0 Å². The number of hydrogen-bond acceptors (Lipinski definition) is 3. The topological polar surface area (TPSA) is 95.1 Å². The smallest absolute Gasteiger partial charge is 0.354 e. The quantitative estimate of drug-likeness (QED) is 0.812. The third kappa shape index (κ3) is 2.69. The van der Waals surface area contributed by atoms with E-state index in [1.807, 2.05) is 0 Å². The number of H-pyrrole nitrogens is 1. The first kappa shape index (κ1) is 13.4. The molecule has 98 valence electrons. The van der Waals surface area contributed by atoms with Gasteiger partial charge in [0, 0.05) is 0 Å². The molecule has 0 aliphatic carbocycles. The fraction of sp³-hybridized carbons (Fsp3) is 0. The molecule has 0 spiro atoms. The van der Waals surface area contributed by atoms with E-state index in [0.29, 0.717) is 0 Å². The molecule has 0 atom stereocenters. The number of carboxylic acids is 1. The minimum Gasteiger partial charge on any atom is -0.477 e. The van der Waals surface area contributed by atoms with Gasteiger partial charge in [-0.3, -0.25) is 4.79 Å². The van der Waals surface area contributed by atoms with Crippen molar-refractivity contribution in [2.75, 3.05) is 5.32 Å². The number of anilines is 1. The monoisotopic (exact) mass is 299 g/mol. The number of amides is 1. The zero-order valence-corrected chi connectivity index (χ0v) is 10.8. The van der Waals surface area contributed by atoms with E-state index in [-0.39, 0.29) is 27.1 Å². The van der Waals surface area contributed by atoms with Crippen LogP contribution in [0.5, 0.6) is 0 Å². The van der Waals surface area contributed by atoms with Crippen LogP contribution in [0.25, 0.3) is 0 Å². The summed E-state index contributed by atoms with van der Waals surface area (Å²) in [4.78, 5) is 28.8. The lowest BCUT2D eigenvalue weighted by molar-refractivity contribution is 0.0686. The van der Waals surface area contributed by atoms with Crippen molar-refractivity contribution in [2.45, 2.75) is 0 Å². The number of benzene rings is 1. The molecule has 3 N–H and O–H groups in total. The number of carbonyl (C=O) groups is 2. The minimum atomic E-state index is -1.28. The van der Waals surface area contributed by atoms with Gasteiger partial charge in [-0.1, -0.05) is 29.3 Å². The summed E-state index contributed by atoms with van der Waals surface area (Å²) in [5.74, 6) is -1.97. The number of halogens is 2. The fourth-order valence-electron chi connectivity index (χ4n) is 1.41. The summed E-state index contributed by atoms with van der Waals surface area (Å²) in [6, 6.07) is 4.71. The van der Waals surface area contributed by atoms with E-state index < -0.39 is 11.9 Å². The summed E-state index contributed by atoms with van der Waals surface area (Å²) < 4.78 is 0.